The minimum Gasteiger partial charge on any atom is -0.372 e. The highest BCUT2D eigenvalue weighted by Crippen LogP contribution is 2.22. The zero-order valence-electron chi connectivity index (χ0n) is 15.0. The van der Waals surface area contributed by atoms with Crippen LogP contribution in [0.15, 0.2) is 42.6 Å². The third-order valence-electron chi connectivity index (χ3n) is 4.32. The predicted octanol–water partition coefficient (Wildman–Crippen LogP) is 4.14. The van der Waals surface area contributed by atoms with Crippen molar-refractivity contribution in [2.45, 2.75) is 39.2 Å². The molecule has 1 saturated heterocycles. The Morgan fingerprint density at radius 3 is 2.48 bits per heavy atom. The average molecular weight is 338 g/mol. The molecule has 0 atom stereocenters. The van der Waals surface area contributed by atoms with E-state index in [9.17, 15) is 4.79 Å². The van der Waals surface area contributed by atoms with Gasteiger partial charge in [0, 0.05) is 36.7 Å². The molecule has 0 bridgehead atoms. The Kier molecular flexibility index (Phi) is 5.53. The lowest BCUT2D eigenvalue weighted by atomic mass is 10.1. The minimum absolute atomic E-state index is 0.151. The number of amides is 1. The second-order valence-electron chi connectivity index (χ2n) is 6.75. The molecule has 0 spiro atoms. The van der Waals surface area contributed by atoms with Gasteiger partial charge in [-0.1, -0.05) is 0 Å². The van der Waals surface area contributed by atoms with Gasteiger partial charge >= 0.3 is 0 Å². The number of carbonyl (C=O) groups is 1. The average Bonchev–Trinajstić information content (AvgIpc) is 2.63. The first-order chi connectivity index (χ1) is 12.1. The van der Waals surface area contributed by atoms with Crippen molar-refractivity contribution in [2.75, 3.05) is 28.6 Å². The third-order valence-corrected chi connectivity index (χ3v) is 4.32. The molecule has 1 fully saturated rings. The van der Waals surface area contributed by atoms with E-state index in [0.717, 1.165) is 18.8 Å². The fourth-order valence-electron chi connectivity index (χ4n) is 3.08. The number of hydrogen-bond acceptors (Lipinski definition) is 4. The van der Waals surface area contributed by atoms with Crippen LogP contribution in [0, 0.1) is 0 Å². The summed E-state index contributed by atoms with van der Waals surface area (Å²) in [6.07, 6.45) is 5.52. The highest BCUT2D eigenvalue weighted by Gasteiger charge is 2.14. The van der Waals surface area contributed by atoms with E-state index < -0.39 is 0 Å². The van der Waals surface area contributed by atoms with Crippen molar-refractivity contribution in [3.8, 4) is 0 Å². The molecule has 5 heteroatoms. The second kappa shape index (κ2) is 8.01. The largest absolute Gasteiger partial charge is 0.372 e. The molecule has 132 valence electrons. The lowest BCUT2D eigenvalue weighted by Crippen LogP contribution is -2.29. The summed E-state index contributed by atoms with van der Waals surface area (Å²) in [6, 6.07) is 11.9. The first kappa shape index (κ1) is 17.3. The third kappa shape index (κ3) is 4.50. The molecule has 2 N–H and O–H groups in total. The van der Waals surface area contributed by atoms with Gasteiger partial charge in [0.1, 0.15) is 5.82 Å². The molecule has 0 aliphatic carbocycles. The molecule has 1 amide bonds. The summed E-state index contributed by atoms with van der Waals surface area (Å²) in [5.41, 5.74) is 2.57. The SMILES string of the molecule is CC(C)Nc1ncccc1C(=O)Nc1ccc(N2CCCCC2)cc1. The van der Waals surface area contributed by atoms with E-state index in [-0.39, 0.29) is 11.9 Å². The molecular weight excluding hydrogens is 312 g/mol. The number of pyridine rings is 1. The van der Waals surface area contributed by atoms with Crippen LogP contribution >= 0.6 is 0 Å². The standard InChI is InChI=1S/C20H26N4O/c1-15(2)22-19-18(7-6-12-21-19)20(25)23-16-8-10-17(11-9-16)24-13-4-3-5-14-24/h6-12,15H,3-5,13-14H2,1-2H3,(H,21,22)(H,23,25). The summed E-state index contributed by atoms with van der Waals surface area (Å²) in [4.78, 5) is 19.3. The van der Waals surface area contributed by atoms with Crippen LogP contribution in [0.4, 0.5) is 17.2 Å². The molecule has 2 heterocycles. The van der Waals surface area contributed by atoms with Crippen LogP contribution in [0.25, 0.3) is 0 Å². The fraction of sp³-hybridized carbons (Fsp3) is 0.400. The maximum Gasteiger partial charge on any atom is 0.259 e. The van der Waals surface area contributed by atoms with Crippen molar-refractivity contribution < 1.29 is 4.79 Å². The number of nitrogens with one attached hydrogen (secondary N) is 2. The van der Waals surface area contributed by atoms with Crippen LogP contribution in [0.3, 0.4) is 0 Å². The normalized spacial score (nSPS) is 14.4. The number of carbonyl (C=O) groups excluding carboxylic acids is 1. The van der Waals surface area contributed by atoms with E-state index in [4.69, 9.17) is 0 Å². The smallest absolute Gasteiger partial charge is 0.259 e. The van der Waals surface area contributed by atoms with E-state index in [0.29, 0.717) is 11.4 Å². The number of rotatable bonds is 5. The molecule has 2 aromatic rings. The van der Waals surface area contributed by atoms with Gasteiger partial charge in [-0.05, 0) is 69.5 Å². The Hall–Kier alpha value is -2.56. The van der Waals surface area contributed by atoms with Crippen molar-refractivity contribution in [2.24, 2.45) is 0 Å². The summed E-state index contributed by atoms with van der Waals surface area (Å²) in [5.74, 6) is 0.460. The van der Waals surface area contributed by atoms with Crippen LogP contribution < -0.4 is 15.5 Å². The minimum atomic E-state index is -0.151. The second-order valence-corrected chi connectivity index (χ2v) is 6.75. The molecule has 1 aliphatic rings. The Morgan fingerprint density at radius 2 is 1.80 bits per heavy atom. The van der Waals surface area contributed by atoms with Gasteiger partial charge in [-0.25, -0.2) is 4.98 Å². The summed E-state index contributed by atoms with van der Waals surface area (Å²) < 4.78 is 0. The van der Waals surface area contributed by atoms with Crippen LogP contribution in [-0.4, -0.2) is 30.0 Å². The van der Waals surface area contributed by atoms with E-state index >= 15 is 0 Å². The van der Waals surface area contributed by atoms with Gasteiger partial charge in [-0.2, -0.15) is 0 Å². The molecule has 5 nitrogen and oxygen atoms in total. The van der Waals surface area contributed by atoms with Crippen LogP contribution in [0.1, 0.15) is 43.5 Å². The van der Waals surface area contributed by atoms with Gasteiger partial charge in [0.25, 0.3) is 5.91 Å². The molecule has 1 aromatic carbocycles. The number of piperidine rings is 1. The van der Waals surface area contributed by atoms with E-state index in [1.165, 1.54) is 24.9 Å². The molecule has 0 radical (unpaired) electrons. The summed E-state index contributed by atoms with van der Waals surface area (Å²) >= 11 is 0. The van der Waals surface area contributed by atoms with Crippen molar-refractivity contribution in [1.29, 1.82) is 0 Å². The summed E-state index contributed by atoms with van der Waals surface area (Å²) in [5, 5.41) is 6.18. The topological polar surface area (TPSA) is 57.3 Å². The fourth-order valence-corrected chi connectivity index (χ4v) is 3.08. The van der Waals surface area contributed by atoms with Gasteiger partial charge in [-0.15, -0.1) is 0 Å². The molecular formula is C20H26N4O. The Balaban J connectivity index is 1.69. The highest BCUT2D eigenvalue weighted by atomic mass is 16.1. The van der Waals surface area contributed by atoms with Gasteiger partial charge in [0.05, 0.1) is 5.56 Å². The zero-order valence-corrected chi connectivity index (χ0v) is 15.0. The Bertz CT molecular complexity index is 706. The van der Waals surface area contributed by atoms with Gasteiger partial charge in [0.2, 0.25) is 0 Å². The monoisotopic (exact) mass is 338 g/mol. The molecule has 1 aromatic heterocycles. The molecule has 3 rings (SSSR count). The Labute approximate surface area is 149 Å². The molecule has 1 aliphatic heterocycles. The van der Waals surface area contributed by atoms with Crippen LogP contribution in [0.5, 0.6) is 0 Å². The molecule has 25 heavy (non-hydrogen) atoms. The number of benzene rings is 1. The zero-order chi connectivity index (χ0) is 17.6. The van der Waals surface area contributed by atoms with Gasteiger partial charge in [-0.3, -0.25) is 4.79 Å². The van der Waals surface area contributed by atoms with Gasteiger partial charge in [0.15, 0.2) is 0 Å². The number of anilines is 3. The quantitative estimate of drug-likeness (QED) is 0.860. The number of nitrogens with zero attached hydrogens (tertiary/aromatic N) is 2. The van der Waals surface area contributed by atoms with Crippen LogP contribution in [0.2, 0.25) is 0 Å². The maximum atomic E-state index is 12.6. The van der Waals surface area contributed by atoms with E-state index in [1.54, 1.807) is 18.3 Å². The van der Waals surface area contributed by atoms with Crippen molar-refractivity contribution >= 4 is 23.1 Å². The first-order valence-corrected chi connectivity index (χ1v) is 9.01. The van der Waals surface area contributed by atoms with Crippen molar-refractivity contribution in [3.05, 3.63) is 48.2 Å². The summed E-state index contributed by atoms with van der Waals surface area (Å²) in [7, 11) is 0. The number of hydrogen-bond donors (Lipinski definition) is 2. The highest BCUT2D eigenvalue weighted by molar-refractivity contribution is 6.07. The van der Waals surface area contributed by atoms with Crippen LogP contribution in [-0.2, 0) is 0 Å². The van der Waals surface area contributed by atoms with Crippen molar-refractivity contribution in [1.82, 2.24) is 4.98 Å². The number of aromatic nitrogens is 1. The van der Waals surface area contributed by atoms with E-state index in [2.05, 4.69) is 32.7 Å². The first-order valence-electron chi connectivity index (χ1n) is 9.01. The molecule has 0 saturated carbocycles. The Morgan fingerprint density at radius 1 is 1.08 bits per heavy atom. The van der Waals surface area contributed by atoms with Crippen molar-refractivity contribution in [3.63, 3.8) is 0 Å². The summed E-state index contributed by atoms with van der Waals surface area (Å²) in [6.45, 7) is 6.28. The van der Waals surface area contributed by atoms with E-state index in [1.807, 2.05) is 26.0 Å². The molecule has 0 unspecified atom stereocenters. The van der Waals surface area contributed by atoms with Gasteiger partial charge < -0.3 is 15.5 Å². The predicted molar refractivity (Wildman–Crippen MR) is 103 cm³/mol. The maximum absolute atomic E-state index is 12.6. The lowest BCUT2D eigenvalue weighted by molar-refractivity contribution is 0.102. The lowest BCUT2D eigenvalue weighted by Gasteiger charge is -2.28.